The molecule has 100 valence electrons. The van der Waals surface area contributed by atoms with Gasteiger partial charge >= 0.3 is 0 Å². The van der Waals surface area contributed by atoms with Crippen molar-refractivity contribution in [3.05, 3.63) is 35.4 Å². The summed E-state index contributed by atoms with van der Waals surface area (Å²) in [6.45, 7) is 5.31. The Labute approximate surface area is 108 Å². The first-order chi connectivity index (χ1) is 8.54. The second kappa shape index (κ2) is 5.79. The van der Waals surface area contributed by atoms with Gasteiger partial charge in [-0.1, -0.05) is 13.8 Å². The SMILES string of the molecule is CC(C)C1CC(NCCc2cc(F)cc(F)c2)C1. The first kappa shape index (κ1) is 13.5. The Morgan fingerprint density at radius 3 is 2.33 bits per heavy atom. The molecule has 0 radical (unpaired) electrons. The smallest absolute Gasteiger partial charge is 0.126 e. The Kier molecular flexibility index (Phi) is 4.33. The molecule has 1 saturated carbocycles. The van der Waals surface area contributed by atoms with Gasteiger partial charge in [0.05, 0.1) is 0 Å². The van der Waals surface area contributed by atoms with Crippen molar-refractivity contribution in [2.45, 2.75) is 39.2 Å². The quantitative estimate of drug-likeness (QED) is 0.846. The topological polar surface area (TPSA) is 12.0 Å². The molecule has 1 aliphatic rings. The van der Waals surface area contributed by atoms with Crippen LogP contribution in [0, 0.1) is 23.5 Å². The number of rotatable bonds is 5. The second-order valence-electron chi connectivity index (χ2n) is 5.65. The third kappa shape index (κ3) is 3.52. The molecule has 0 saturated heterocycles. The number of benzene rings is 1. The maximum absolute atomic E-state index is 13.0. The Morgan fingerprint density at radius 1 is 1.17 bits per heavy atom. The molecule has 18 heavy (non-hydrogen) atoms. The van der Waals surface area contributed by atoms with E-state index in [0.29, 0.717) is 12.5 Å². The Morgan fingerprint density at radius 2 is 1.78 bits per heavy atom. The molecule has 0 heterocycles. The lowest BCUT2D eigenvalue weighted by atomic mass is 9.73. The van der Waals surface area contributed by atoms with Gasteiger partial charge in [-0.05, 0) is 55.3 Å². The summed E-state index contributed by atoms with van der Waals surface area (Å²) in [5, 5.41) is 3.45. The number of halogens is 2. The van der Waals surface area contributed by atoms with E-state index in [0.717, 1.165) is 30.0 Å². The van der Waals surface area contributed by atoms with E-state index in [1.54, 1.807) is 0 Å². The van der Waals surface area contributed by atoms with Gasteiger partial charge in [0, 0.05) is 12.1 Å². The van der Waals surface area contributed by atoms with Crippen LogP contribution in [0.2, 0.25) is 0 Å². The van der Waals surface area contributed by atoms with Crippen LogP contribution in [0.3, 0.4) is 0 Å². The maximum atomic E-state index is 13.0. The van der Waals surface area contributed by atoms with Crippen molar-refractivity contribution in [3.8, 4) is 0 Å². The fraction of sp³-hybridized carbons (Fsp3) is 0.600. The molecule has 3 heteroatoms. The van der Waals surface area contributed by atoms with E-state index in [4.69, 9.17) is 0 Å². The molecule has 1 aromatic rings. The predicted molar refractivity (Wildman–Crippen MR) is 69.4 cm³/mol. The van der Waals surface area contributed by atoms with E-state index >= 15 is 0 Å². The molecular formula is C15H21F2N. The van der Waals surface area contributed by atoms with E-state index in [2.05, 4.69) is 19.2 Å². The summed E-state index contributed by atoms with van der Waals surface area (Å²) in [5.74, 6) is 0.622. The Bertz CT molecular complexity index is 377. The summed E-state index contributed by atoms with van der Waals surface area (Å²) < 4.78 is 25.9. The summed E-state index contributed by atoms with van der Waals surface area (Å²) in [5.41, 5.74) is 0.722. The van der Waals surface area contributed by atoms with Crippen LogP contribution in [0.1, 0.15) is 32.3 Å². The van der Waals surface area contributed by atoms with E-state index in [-0.39, 0.29) is 0 Å². The lowest BCUT2D eigenvalue weighted by molar-refractivity contribution is 0.169. The van der Waals surface area contributed by atoms with Gasteiger partial charge in [-0.2, -0.15) is 0 Å². The van der Waals surface area contributed by atoms with Crippen LogP contribution in [-0.4, -0.2) is 12.6 Å². The van der Waals surface area contributed by atoms with E-state index in [1.165, 1.54) is 25.0 Å². The normalized spacial score (nSPS) is 23.2. The molecule has 0 amide bonds. The Balaban J connectivity index is 1.70. The minimum absolute atomic E-state index is 0.492. The molecule has 2 rings (SSSR count). The van der Waals surface area contributed by atoms with Crippen LogP contribution in [0.4, 0.5) is 8.78 Å². The molecule has 1 nitrogen and oxygen atoms in total. The lowest BCUT2D eigenvalue weighted by Crippen LogP contribution is -2.43. The van der Waals surface area contributed by atoms with Gasteiger partial charge in [-0.15, -0.1) is 0 Å². The van der Waals surface area contributed by atoms with Gasteiger partial charge in [0.1, 0.15) is 11.6 Å². The zero-order chi connectivity index (χ0) is 13.1. The minimum atomic E-state index is -0.492. The van der Waals surface area contributed by atoms with E-state index < -0.39 is 11.6 Å². The zero-order valence-electron chi connectivity index (χ0n) is 11.0. The average molecular weight is 253 g/mol. The fourth-order valence-electron chi connectivity index (χ4n) is 2.55. The molecule has 0 aliphatic heterocycles. The summed E-state index contributed by atoms with van der Waals surface area (Å²) in [4.78, 5) is 0. The van der Waals surface area contributed by atoms with Crippen molar-refractivity contribution in [3.63, 3.8) is 0 Å². The Hall–Kier alpha value is -0.960. The predicted octanol–water partition coefficient (Wildman–Crippen LogP) is 3.53. The summed E-state index contributed by atoms with van der Waals surface area (Å²) >= 11 is 0. The van der Waals surface area contributed by atoms with Gasteiger partial charge in [0.2, 0.25) is 0 Å². The van der Waals surface area contributed by atoms with Crippen molar-refractivity contribution < 1.29 is 8.78 Å². The fourth-order valence-corrected chi connectivity index (χ4v) is 2.55. The van der Waals surface area contributed by atoms with Crippen molar-refractivity contribution in [2.75, 3.05) is 6.54 Å². The third-order valence-corrected chi connectivity index (χ3v) is 3.89. The largest absolute Gasteiger partial charge is 0.314 e. The monoisotopic (exact) mass is 253 g/mol. The van der Waals surface area contributed by atoms with Crippen LogP contribution in [0.5, 0.6) is 0 Å². The summed E-state index contributed by atoms with van der Waals surface area (Å²) in [7, 11) is 0. The number of hydrogen-bond acceptors (Lipinski definition) is 1. The third-order valence-electron chi connectivity index (χ3n) is 3.89. The van der Waals surface area contributed by atoms with Crippen LogP contribution in [0.25, 0.3) is 0 Å². The van der Waals surface area contributed by atoms with E-state index in [9.17, 15) is 8.78 Å². The minimum Gasteiger partial charge on any atom is -0.314 e. The van der Waals surface area contributed by atoms with Crippen molar-refractivity contribution in [2.24, 2.45) is 11.8 Å². The van der Waals surface area contributed by atoms with Crippen LogP contribution in [-0.2, 0) is 6.42 Å². The molecule has 0 atom stereocenters. The first-order valence-corrected chi connectivity index (χ1v) is 6.73. The van der Waals surface area contributed by atoms with Crippen LogP contribution in [0.15, 0.2) is 18.2 Å². The van der Waals surface area contributed by atoms with Gasteiger partial charge < -0.3 is 5.32 Å². The van der Waals surface area contributed by atoms with Crippen molar-refractivity contribution in [1.82, 2.24) is 5.32 Å². The lowest BCUT2D eigenvalue weighted by Gasteiger charge is -2.38. The molecule has 1 aromatic carbocycles. The van der Waals surface area contributed by atoms with Gasteiger partial charge in [0.15, 0.2) is 0 Å². The molecule has 1 fully saturated rings. The highest BCUT2D eigenvalue weighted by atomic mass is 19.1. The van der Waals surface area contributed by atoms with Crippen LogP contribution < -0.4 is 5.32 Å². The standard InChI is InChI=1S/C15H21F2N/c1-10(2)12-7-15(8-12)18-4-3-11-5-13(16)9-14(17)6-11/h5-6,9-10,12,15,18H,3-4,7-8H2,1-2H3. The molecule has 0 bridgehead atoms. The van der Waals surface area contributed by atoms with Gasteiger partial charge in [-0.3, -0.25) is 0 Å². The highest BCUT2D eigenvalue weighted by Crippen LogP contribution is 2.33. The summed E-state index contributed by atoms with van der Waals surface area (Å²) in [6, 6.07) is 4.32. The zero-order valence-corrected chi connectivity index (χ0v) is 11.0. The average Bonchev–Trinajstić information content (AvgIpc) is 2.19. The highest BCUT2D eigenvalue weighted by molar-refractivity contribution is 5.18. The van der Waals surface area contributed by atoms with Crippen LogP contribution >= 0.6 is 0 Å². The summed E-state index contributed by atoms with van der Waals surface area (Å²) in [6.07, 6.45) is 3.14. The van der Waals surface area contributed by atoms with Gasteiger partial charge in [0.25, 0.3) is 0 Å². The maximum Gasteiger partial charge on any atom is 0.126 e. The molecule has 1 N–H and O–H groups in total. The van der Waals surface area contributed by atoms with Crippen molar-refractivity contribution in [1.29, 1.82) is 0 Å². The molecule has 1 aliphatic carbocycles. The first-order valence-electron chi connectivity index (χ1n) is 6.73. The molecule has 0 unspecified atom stereocenters. The number of hydrogen-bond donors (Lipinski definition) is 1. The van der Waals surface area contributed by atoms with E-state index in [1.807, 2.05) is 0 Å². The highest BCUT2D eigenvalue weighted by Gasteiger charge is 2.30. The van der Waals surface area contributed by atoms with Crippen molar-refractivity contribution >= 4 is 0 Å². The molecule has 0 aromatic heterocycles. The second-order valence-corrected chi connectivity index (χ2v) is 5.65. The molecular weight excluding hydrogens is 232 g/mol. The molecule has 0 spiro atoms. The number of nitrogens with one attached hydrogen (secondary N) is 1. The van der Waals surface area contributed by atoms with Gasteiger partial charge in [-0.25, -0.2) is 8.78 Å².